The zero-order valence-corrected chi connectivity index (χ0v) is 15.6. The van der Waals surface area contributed by atoms with Gasteiger partial charge in [-0.25, -0.2) is 14.2 Å². The number of methoxy groups -OCH3 is 1. The first kappa shape index (κ1) is 20.2. The molecule has 7 heteroatoms. The van der Waals surface area contributed by atoms with Crippen LogP contribution in [-0.2, 0) is 17.7 Å². The third-order valence-electron chi connectivity index (χ3n) is 3.79. The van der Waals surface area contributed by atoms with E-state index in [1.807, 2.05) is 25.1 Å². The highest BCUT2D eigenvalue weighted by Crippen LogP contribution is 2.11. The third kappa shape index (κ3) is 6.97. The normalized spacial score (nSPS) is 11.0. The highest BCUT2D eigenvalue weighted by atomic mass is 19.1. The second-order valence-corrected chi connectivity index (χ2v) is 5.78. The average molecular weight is 372 g/mol. The Hall–Kier alpha value is -3.09. The van der Waals surface area contributed by atoms with Gasteiger partial charge in [0.2, 0.25) is 0 Å². The van der Waals surface area contributed by atoms with Gasteiger partial charge in [0.25, 0.3) is 0 Å². The zero-order valence-electron chi connectivity index (χ0n) is 15.6. The van der Waals surface area contributed by atoms with Gasteiger partial charge in [-0.05, 0) is 42.7 Å². The number of anilines is 1. The van der Waals surface area contributed by atoms with Gasteiger partial charge in [0.15, 0.2) is 5.96 Å². The Bertz CT molecular complexity index is 763. The van der Waals surface area contributed by atoms with E-state index in [1.54, 1.807) is 24.3 Å². The summed E-state index contributed by atoms with van der Waals surface area (Å²) in [6.45, 7) is 3.77. The fraction of sp³-hybridized carbons (Fsp3) is 0.300. The minimum Gasteiger partial charge on any atom is -0.453 e. The SMILES string of the molecule is CCNC(=NCc1ccc(NC(=O)OC)cc1)NCCc1ccccc1F. The quantitative estimate of drug-likeness (QED) is 0.515. The molecule has 6 nitrogen and oxygen atoms in total. The maximum Gasteiger partial charge on any atom is 0.411 e. The van der Waals surface area contributed by atoms with Crippen LogP contribution in [-0.4, -0.2) is 32.3 Å². The van der Waals surface area contributed by atoms with Crippen LogP contribution in [0.4, 0.5) is 14.9 Å². The van der Waals surface area contributed by atoms with E-state index in [0.717, 1.165) is 12.1 Å². The molecule has 3 N–H and O–H groups in total. The molecule has 0 saturated heterocycles. The lowest BCUT2D eigenvalue weighted by molar-refractivity contribution is 0.187. The molecular formula is C20H25FN4O2. The molecule has 0 heterocycles. The van der Waals surface area contributed by atoms with Crippen molar-refractivity contribution in [2.45, 2.75) is 19.9 Å². The number of halogens is 1. The first-order chi connectivity index (χ1) is 13.1. The molecule has 27 heavy (non-hydrogen) atoms. The van der Waals surface area contributed by atoms with Crippen LogP contribution in [0.3, 0.4) is 0 Å². The Morgan fingerprint density at radius 1 is 1.11 bits per heavy atom. The van der Waals surface area contributed by atoms with E-state index in [0.29, 0.717) is 36.7 Å². The van der Waals surface area contributed by atoms with Crippen LogP contribution in [0, 0.1) is 5.82 Å². The number of carbonyl (C=O) groups excluding carboxylic acids is 1. The van der Waals surface area contributed by atoms with Crippen molar-refractivity contribution in [2.24, 2.45) is 4.99 Å². The molecule has 0 aliphatic carbocycles. The van der Waals surface area contributed by atoms with Crippen LogP contribution in [0.2, 0.25) is 0 Å². The van der Waals surface area contributed by atoms with Crippen LogP contribution in [0.5, 0.6) is 0 Å². The Morgan fingerprint density at radius 3 is 2.52 bits per heavy atom. The molecule has 2 rings (SSSR count). The summed E-state index contributed by atoms with van der Waals surface area (Å²) in [5.74, 6) is 0.479. The van der Waals surface area contributed by atoms with Crippen molar-refractivity contribution in [1.82, 2.24) is 10.6 Å². The summed E-state index contributed by atoms with van der Waals surface area (Å²) in [4.78, 5) is 15.7. The van der Waals surface area contributed by atoms with Crippen molar-refractivity contribution in [2.75, 3.05) is 25.5 Å². The van der Waals surface area contributed by atoms with Crippen molar-refractivity contribution in [3.8, 4) is 0 Å². The Kier molecular flexibility index (Phi) is 8.09. The van der Waals surface area contributed by atoms with E-state index < -0.39 is 6.09 Å². The van der Waals surface area contributed by atoms with Crippen molar-refractivity contribution in [1.29, 1.82) is 0 Å². The van der Waals surface area contributed by atoms with Gasteiger partial charge >= 0.3 is 6.09 Å². The van der Waals surface area contributed by atoms with Gasteiger partial charge in [-0.2, -0.15) is 0 Å². The number of carbonyl (C=O) groups is 1. The number of hydrogen-bond acceptors (Lipinski definition) is 3. The summed E-state index contributed by atoms with van der Waals surface area (Å²) >= 11 is 0. The van der Waals surface area contributed by atoms with E-state index in [4.69, 9.17) is 0 Å². The van der Waals surface area contributed by atoms with Crippen molar-refractivity contribution < 1.29 is 13.9 Å². The smallest absolute Gasteiger partial charge is 0.411 e. The minimum atomic E-state index is -0.505. The maximum atomic E-state index is 13.7. The van der Waals surface area contributed by atoms with Gasteiger partial charge in [-0.3, -0.25) is 5.32 Å². The van der Waals surface area contributed by atoms with Gasteiger partial charge < -0.3 is 15.4 Å². The number of nitrogens with zero attached hydrogens (tertiary/aromatic N) is 1. The lowest BCUT2D eigenvalue weighted by Gasteiger charge is -2.12. The van der Waals surface area contributed by atoms with E-state index in [-0.39, 0.29) is 5.82 Å². The second kappa shape index (κ2) is 10.8. The van der Waals surface area contributed by atoms with Gasteiger partial charge in [-0.15, -0.1) is 0 Å². The number of rotatable bonds is 7. The topological polar surface area (TPSA) is 74.8 Å². The highest BCUT2D eigenvalue weighted by Gasteiger charge is 2.03. The predicted octanol–water partition coefficient (Wildman–Crippen LogP) is 3.30. The number of guanidine groups is 1. The Labute approximate surface area is 158 Å². The third-order valence-corrected chi connectivity index (χ3v) is 3.79. The number of amides is 1. The minimum absolute atomic E-state index is 0.193. The fourth-order valence-electron chi connectivity index (χ4n) is 2.39. The molecule has 0 atom stereocenters. The first-order valence-corrected chi connectivity index (χ1v) is 8.82. The van der Waals surface area contributed by atoms with Gasteiger partial charge in [0.1, 0.15) is 5.82 Å². The monoisotopic (exact) mass is 372 g/mol. The Balaban J connectivity index is 1.88. The number of ether oxygens (including phenoxy) is 1. The number of nitrogens with one attached hydrogen (secondary N) is 3. The fourth-order valence-corrected chi connectivity index (χ4v) is 2.39. The standard InChI is InChI=1S/C20H25FN4O2/c1-3-22-19(23-13-12-16-6-4-5-7-18(16)21)24-14-15-8-10-17(11-9-15)25-20(26)27-2/h4-11H,3,12-14H2,1-2H3,(H,25,26)(H2,22,23,24). The lowest BCUT2D eigenvalue weighted by Crippen LogP contribution is -2.38. The molecule has 0 aliphatic heterocycles. The largest absolute Gasteiger partial charge is 0.453 e. The second-order valence-electron chi connectivity index (χ2n) is 5.78. The summed E-state index contributed by atoms with van der Waals surface area (Å²) in [6, 6.07) is 14.1. The average Bonchev–Trinajstić information content (AvgIpc) is 2.68. The summed E-state index contributed by atoms with van der Waals surface area (Å²) in [5.41, 5.74) is 2.33. The van der Waals surface area contributed by atoms with E-state index in [2.05, 4.69) is 25.7 Å². The summed E-state index contributed by atoms with van der Waals surface area (Å²) in [7, 11) is 1.32. The van der Waals surface area contributed by atoms with Crippen LogP contribution >= 0.6 is 0 Å². The number of benzene rings is 2. The number of hydrogen-bond donors (Lipinski definition) is 3. The molecule has 0 unspecified atom stereocenters. The number of aliphatic imine (C=N–C) groups is 1. The first-order valence-electron chi connectivity index (χ1n) is 8.82. The van der Waals surface area contributed by atoms with E-state index >= 15 is 0 Å². The molecule has 1 amide bonds. The van der Waals surface area contributed by atoms with Crippen LogP contribution in [0.15, 0.2) is 53.5 Å². The molecule has 0 radical (unpaired) electrons. The molecule has 2 aromatic carbocycles. The lowest BCUT2D eigenvalue weighted by atomic mass is 10.1. The van der Waals surface area contributed by atoms with Gasteiger partial charge in [0.05, 0.1) is 13.7 Å². The predicted molar refractivity (Wildman–Crippen MR) is 105 cm³/mol. The molecule has 0 spiro atoms. The van der Waals surface area contributed by atoms with Crippen LogP contribution < -0.4 is 16.0 Å². The molecule has 0 aromatic heterocycles. The molecular weight excluding hydrogens is 347 g/mol. The van der Waals surface area contributed by atoms with Crippen molar-refractivity contribution >= 4 is 17.7 Å². The summed E-state index contributed by atoms with van der Waals surface area (Å²) in [6.07, 6.45) is 0.0691. The summed E-state index contributed by atoms with van der Waals surface area (Å²) < 4.78 is 18.2. The van der Waals surface area contributed by atoms with Crippen molar-refractivity contribution in [3.05, 3.63) is 65.5 Å². The summed E-state index contributed by atoms with van der Waals surface area (Å²) in [5, 5.41) is 8.98. The highest BCUT2D eigenvalue weighted by molar-refractivity contribution is 5.84. The van der Waals surface area contributed by atoms with Gasteiger partial charge in [0, 0.05) is 18.8 Å². The zero-order chi connectivity index (χ0) is 19.5. The van der Waals surface area contributed by atoms with Crippen LogP contribution in [0.1, 0.15) is 18.1 Å². The molecule has 144 valence electrons. The van der Waals surface area contributed by atoms with Crippen LogP contribution in [0.25, 0.3) is 0 Å². The Morgan fingerprint density at radius 2 is 1.85 bits per heavy atom. The molecule has 0 bridgehead atoms. The van der Waals surface area contributed by atoms with E-state index in [9.17, 15) is 9.18 Å². The molecule has 0 saturated carbocycles. The van der Waals surface area contributed by atoms with Gasteiger partial charge in [-0.1, -0.05) is 30.3 Å². The molecule has 0 fully saturated rings. The van der Waals surface area contributed by atoms with Crippen molar-refractivity contribution in [3.63, 3.8) is 0 Å². The maximum absolute atomic E-state index is 13.7. The molecule has 0 aliphatic rings. The van der Waals surface area contributed by atoms with E-state index in [1.165, 1.54) is 13.2 Å². The molecule has 2 aromatic rings.